The summed E-state index contributed by atoms with van der Waals surface area (Å²) in [5.74, 6) is 1.71. The Hall–Kier alpha value is -2.22. The fourth-order valence-electron chi connectivity index (χ4n) is 4.85. The molecule has 0 unspecified atom stereocenters. The Morgan fingerprint density at radius 2 is 1.28 bits per heavy atom. The van der Waals surface area contributed by atoms with Gasteiger partial charge in [0.15, 0.2) is 0 Å². The molecule has 0 heterocycles. The lowest BCUT2D eigenvalue weighted by Gasteiger charge is -2.29. The highest BCUT2D eigenvalue weighted by Crippen LogP contribution is 2.37. The Morgan fingerprint density at radius 1 is 0.688 bits per heavy atom. The molecular weight excluding hydrogens is 388 g/mol. The van der Waals surface area contributed by atoms with Crippen LogP contribution in [-0.2, 0) is 6.42 Å². The summed E-state index contributed by atoms with van der Waals surface area (Å²) >= 11 is 0. The first-order valence-corrected chi connectivity index (χ1v) is 13.0. The molecule has 0 saturated heterocycles. The van der Waals surface area contributed by atoms with Crippen molar-refractivity contribution >= 4 is 12.4 Å². The first-order valence-electron chi connectivity index (χ1n) is 13.0. The maximum atomic E-state index is 4.25. The Balaban J connectivity index is 1.41. The van der Waals surface area contributed by atoms with Gasteiger partial charge in [0, 0.05) is 0 Å². The molecule has 0 spiro atoms. The molecule has 1 saturated carbocycles. The van der Waals surface area contributed by atoms with Gasteiger partial charge in [-0.1, -0.05) is 101 Å². The molecular formula is C30H42N2. The Kier molecular flexibility index (Phi) is 10.7. The molecule has 2 nitrogen and oxygen atoms in total. The third kappa shape index (κ3) is 8.37. The van der Waals surface area contributed by atoms with Gasteiger partial charge in [-0.15, -0.1) is 0 Å². The molecule has 3 rings (SSSR count). The molecule has 172 valence electrons. The van der Waals surface area contributed by atoms with E-state index in [9.17, 15) is 0 Å². The first-order chi connectivity index (χ1) is 15.8. The predicted molar refractivity (Wildman–Crippen MR) is 140 cm³/mol. The molecule has 32 heavy (non-hydrogen) atoms. The number of unbranched alkanes of at least 4 members (excludes halogenated alkanes) is 4. The predicted octanol–water partition coefficient (Wildman–Crippen LogP) is 8.73. The summed E-state index contributed by atoms with van der Waals surface area (Å²) < 4.78 is 0. The lowest BCUT2D eigenvalue weighted by Crippen LogP contribution is -2.13. The van der Waals surface area contributed by atoms with Crippen LogP contribution in [0, 0.1) is 5.92 Å². The maximum Gasteiger partial charge on any atom is 0.0568 e. The molecule has 2 aromatic carbocycles. The lowest BCUT2D eigenvalue weighted by molar-refractivity contribution is 0.302. The quantitative estimate of drug-likeness (QED) is 0.183. The number of rotatable bonds is 12. The summed E-state index contributed by atoms with van der Waals surface area (Å²) in [6, 6.07) is 17.6. The minimum absolute atomic E-state index is 0.742. The van der Waals surface area contributed by atoms with Crippen molar-refractivity contribution in [2.24, 2.45) is 16.1 Å². The minimum atomic E-state index is 0.742. The van der Waals surface area contributed by atoms with E-state index in [4.69, 9.17) is 0 Å². The van der Waals surface area contributed by atoms with E-state index in [0.29, 0.717) is 0 Å². The smallest absolute Gasteiger partial charge is 0.0568 e. The van der Waals surface area contributed by atoms with Gasteiger partial charge in [-0.2, -0.15) is 10.2 Å². The Bertz CT molecular complexity index is 809. The molecule has 0 N–H and O–H groups in total. The lowest BCUT2D eigenvalue weighted by atomic mass is 9.77. The van der Waals surface area contributed by atoms with Crippen molar-refractivity contribution in [1.82, 2.24) is 0 Å². The largest absolute Gasteiger partial charge is 0.159 e. The number of benzene rings is 2. The third-order valence-electron chi connectivity index (χ3n) is 7.00. The highest BCUT2D eigenvalue weighted by molar-refractivity contribution is 5.82. The van der Waals surface area contributed by atoms with Crippen LogP contribution in [0.15, 0.2) is 58.7 Å². The van der Waals surface area contributed by atoms with Crippen LogP contribution in [-0.4, -0.2) is 12.4 Å². The van der Waals surface area contributed by atoms with Gasteiger partial charge in [0.1, 0.15) is 0 Å². The molecule has 2 aromatic rings. The van der Waals surface area contributed by atoms with E-state index in [1.165, 1.54) is 81.8 Å². The van der Waals surface area contributed by atoms with Gasteiger partial charge in [0.05, 0.1) is 12.4 Å². The molecule has 1 fully saturated rings. The van der Waals surface area contributed by atoms with E-state index in [-0.39, 0.29) is 0 Å². The maximum absolute atomic E-state index is 4.25. The summed E-state index contributed by atoms with van der Waals surface area (Å²) in [5, 5.41) is 8.48. The number of hydrogen-bond donors (Lipinski definition) is 0. The number of aryl methyl sites for hydroxylation is 1. The fraction of sp³-hybridized carbons (Fsp3) is 0.533. The molecule has 0 aliphatic heterocycles. The van der Waals surface area contributed by atoms with E-state index >= 15 is 0 Å². The fourth-order valence-corrected chi connectivity index (χ4v) is 4.85. The van der Waals surface area contributed by atoms with Crippen molar-refractivity contribution in [3.8, 4) is 0 Å². The molecule has 0 bridgehead atoms. The first kappa shape index (κ1) is 24.4. The molecule has 1 aliphatic carbocycles. The van der Waals surface area contributed by atoms with Crippen molar-refractivity contribution in [2.75, 3.05) is 0 Å². The summed E-state index contributed by atoms with van der Waals surface area (Å²) in [6.07, 6.45) is 19.9. The van der Waals surface area contributed by atoms with Crippen LogP contribution in [0.3, 0.4) is 0 Å². The molecule has 1 aliphatic rings. The summed E-state index contributed by atoms with van der Waals surface area (Å²) in [6.45, 7) is 4.53. The van der Waals surface area contributed by atoms with Gasteiger partial charge in [0.25, 0.3) is 0 Å². The normalized spacial score (nSPS) is 19.2. The van der Waals surface area contributed by atoms with Crippen LogP contribution in [0.4, 0.5) is 0 Å². The van der Waals surface area contributed by atoms with Crippen LogP contribution in [0.1, 0.15) is 113 Å². The zero-order valence-electron chi connectivity index (χ0n) is 20.3. The highest BCUT2D eigenvalue weighted by atomic mass is 15.2. The van der Waals surface area contributed by atoms with Crippen molar-refractivity contribution in [2.45, 2.75) is 96.8 Å². The van der Waals surface area contributed by atoms with Crippen molar-refractivity contribution in [3.63, 3.8) is 0 Å². The van der Waals surface area contributed by atoms with Crippen molar-refractivity contribution < 1.29 is 0 Å². The van der Waals surface area contributed by atoms with Gasteiger partial charge in [-0.25, -0.2) is 0 Å². The van der Waals surface area contributed by atoms with E-state index in [0.717, 1.165) is 29.4 Å². The van der Waals surface area contributed by atoms with E-state index in [1.807, 2.05) is 12.4 Å². The number of nitrogens with zero attached hydrogens (tertiary/aromatic N) is 2. The van der Waals surface area contributed by atoms with E-state index in [1.54, 1.807) is 0 Å². The van der Waals surface area contributed by atoms with Crippen molar-refractivity contribution in [3.05, 3.63) is 70.8 Å². The molecule has 2 heteroatoms. The topological polar surface area (TPSA) is 24.7 Å². The van der Waals surface area contributed by atoms with Crippen LogP contribution in [0.25, 0.3) is 0 Å². The zero-order chi connectivity index (χ0) is 22.4. The standard InChI is InChI=1S/C30H42N2/c1-3-5-7-8-10-26-15-19-29(20-16-26)30-21-17-28(18-22-30)24-32-31-23-27-13-11-25(12-14-27)9-6-4-2/h11-14,17-18,21-24,26,29H,3-10,15-16,19-20H2,1-2H3/b31-23+,32-24+. The summed E-state index contributed by atoms with van der Waals surface area (Å²) in [4.78, 5) is 0. The summed E-state index contributed by atoms with van der Waals surface area (Å²) in [5.41, 5.74) is 5.11. The molecule has 0 aromatic heterocycles. The van der Waals surface area contributed by atoms with Gasteiger partial charge in [-0.3, -0.25) is 0 Å². The number of hydrogen-bond acceptors (Lipinski definition) is 2. The third-order valence-corrected chi connectivity index (χ3v) is 7.00. The van der Waals surface area contributed by atoms with Gasteiger partial charge < -0.3 is 0 Å². The van der Waals surface area contributed by atoms with Gasteiger partial charge >= 0.3 is 0 Å². The minimum Gasteiger partial charge on any atom is -0.159 e. The second-order valence-electron chi connectivity index (χ2n) is 9.57. The molecule has 0 radical (unpaired) electrons. The zero-order valence-corrected chi connectivity index (χ0v) is 20.3. The van der Waals surface area contributed by atoms with Crippen molar-refractivity contribution in [1.29, 1.82) is 0 Å². The summed E-state index contributed by atoms with van der Waals surface area (Å²) in [7, 11) is 0. The second kappa shape index (κ2) is 14.0. The molecule has 0 atom stereocenters. The highest BCUT2D eigenvalue weighted by Gasteiger charge is 2.21. The van der Waals surface area contributed by atoms with E-state index < -0.39 is 0 Å². The van der Waals surface area contributed by atoms with Crippen LogP contribution in [0.5, 0.6) is 0 Å². The van der Waals surface area contributed by atoms with Crippen LogP contribution < -0.4 is 0 Å². The van der Waals surface area contributed by atoms with Gasteiger partial charge in [0.2, 0.25) is 0 Å². The Labute approximate surface area is 196 Å². The van der Waals surface area contributed by atoms with E-state index in [2.05, 4.69) is 72.6 Å². The van der Waals surface area contributed by atoms with Crippen LogP contribution in [0.2, 0.25) is 0 Å². The average molecular weight is 431 g/mol. The monoisotopic (exact) mass is 430 g/mol. The average Bonchev–Trinajstić information content (AvgIpc) is 2.85. The Morgan fingerprint density at radius 3 is 1.88 bits per heavy atom. The second-order valence-corrected chi connectivity index (χ2v) is 9.57. The van der Waals surface area contributed by atoms with Gasteiger partial charge in [-0.05, 0) is 72.6 Å². The molecule has 0 amide bonds. The van der Waals surface area contributed by atoms with Crippen LogP contribution >= 0.6 is 0 Å². The SMILES string of the molecule is CCCCCCC1CCC(c2ccc(/C=N/N=C/c3ccc(CCCC)cc3)cc2)CC1.